The molecule has 0 spiro atoms. The van der Waals surface area contributed by atoms with Gasteiger partial charge in [0.2, 0.25) is 0 Å². The molecule has 1 aromatic carbocycles. The van der Waals surface area contributed by atoms with Crippen LogP contribution >= 0.6 is 0 Å². The van der Waals surface area contributed by atoms with Crippen molar-refractivity contribution in [1.29, 1.82) is 0 Å². The lowest BCUT2D eigenvalue weighted by Gasteiger charge is -2.06. The molecule has 3 aromatic rings. The number of aryl methyl sites for hydroxylation is 1. The van der Waals surface area contributed by atoms with Crippen LogP contribution in [0.5, 0.6) is 0 Å². The van der Waals surface area contributed by atoms with Crippen molar-refractivity contribution in [1.82, 2.24) is 14.7 Å². The first-order valence-corrected chi connectivity index (χ1v) is 7.75. The Labute approximate surface area is 143 Å². The molecule has 25 heavy (non-hydrogen) atoms. The molecule has 0 atom stereocenters. The molecule has 0 saturated heterocycles. The molecule has 128 valence electrons. The van der Waals surface area contributed by atoms with Gasteiger partial charge in [0.05, 0.1) is 4.92 Å². The Morgan fingerprint density at radius 1 is 1.24 bits per heavy atom. The number of pyridine rings is 1. The summed E-state index contributed by atoms with van der Waals surface area (Å²) in [5.41, 5.74) is 2.97. The van der Waals surface area contributed by atoms with E-state index in [0.29, 0.717) is 18.8 Å². The van der Waals surface area contributed by atoms with Gasteiger partial charge in [-0.1, -0.05) is 0 Å². The third-order valence-corrected chi connectivity index (χ3v) is 3.67. The number of aromatic nitrogens is 2. The Bertz CT molecular complexity index is 918. The van der Waals surface area contributed by atoms with Gasteiger partial charge in [-0.3, -0.25) is 14.9 Å². The average Bonchev–Trinajstić information content (AvgIpc) is 3.02. The van der Waals surface area contributed by atoms with E-state index in [4.69, 9.17) is 0 Å². The van der Waals surface area contributed by atoms with Gasteiger partial charge in [0.15, 0.2) is 0 Å². The summed E-state index contributed by atoms with van der Waals surface area (Å²) in [6, 6.07) is 9.98. The molecule has 2 heterocycles. The Morgan fingerprint density at radius 2 is 2.00 bits per heavy atom. The van der Waals surface area contributed by atoms with E-state index in [1.807, 2.05) is 25.3 Å². The number of benzene rings is 1. The van der Waals surface area contributed by atoms with Gasteiger partial charge < -0.3 is 15.0 Å². The summed E-state index contributed by atoms with van der Waals surface area (Å²) >= 11 is 0. The second kappa shape index (κ2) is 7.00. The van der Waals surface area contributed by atoms with E-state index in [1.165, 1.54) is 12.1 Å². The summed E-state index contributed by atoms with van der Waals surface area (Å²) in [6.45, 7) is 2.87. The average molecular weight is 339 g/mol. The molecule has 0 radical (unpaired) electrons. The number of imidazole rings is 1. The number of hydrogen-bond donors (Lipinski definition) is 2. The SMILES string of the molecule is Cc1ccn2cc(C(=O)NCCNc3ccc([N+](=O)[O-])cc3)nc2c1. The summed E-state index contributed by atoms with van der Waals surface area (Å²) in [5, 5.41) is 16.5. The van der Waals surface area contributed by atoms with Crippen molar-refractivity contribution in [2.75, 3.05) is 18.4 Å². The number of fused-ring (bicyclic) bond motifs is 1. The zero-order chi connectivity index (χ0) is 17.8. The van der Waals surface area contributed by atoms with Gasteiger partial charge in [-0.2, -0.15) is 0 Å². The molecule has 0 saturated carbocycles. The number of anilines is 1. The smallest absolute Gasteiger partial charge is 0.271 e. The van der Waals surface area contributed by atoms with Crippen LogP contribution in [-0.4, -0.2) is 33.3 Å². The third-order valence-electron chi connectivity index (χ3n) is 3.67. The summed E-state index contributed by atoms with van der Waals surface area (Å²) in [6.07, 6.45) is 3.55. The largest absolute Gasteiger partial charge is 0.383 e. The summed E-state index contributed by atoms with van der Waals surface area (Å²) in [7, 11) is 0. The molecule has 0 fully saturated rings. The Balaban J connectivity index is 1.51. The first-order valence-electron chi connectivity index (χ1n) is 7.75. The molecule has 8 heteroatoms. The summed E-state index contributed by atoms with van der Waals surface area (Å²) in [4.78, 5) is 26.6. The van der Waals surface area contributed by atoms with Crippen LogP contribution in [0.25, 0.3) is 5.65 Å². The highest BCUT2D eigenvalue weighted by molar-refractivity contribution is 5.92. The van der Waals surface area contributed by atoms with Gasteiger partial charge in [0.1, 0.15) is 11.3 Å². The maximum atomic E-state index is 12.1. The molecular weight excluding hydrogens is 322 g/mol. The second-order valence-corrected chi connectivity index (χ2v) is 5.58. The van der Waals surface area contributed by atoms with Crippen LogP contribution in [0, 0.1) is 17.0 Å². The molecule has 3 rings (SSSR count). The normalized spacial score (nSPS) is 10.6. The van der Waals surface area contributed by atoms with Crippen LogP contribution < -0.4 is 10.6 Å². The van der Waals surface area contributed by atoms with Crippen molar-refractivity contribution in [3.05, 3.63) is 70.2 Å². The molecular formula is C17H17N5O3. The lowest BCUT2D eigenvalue weighted by molar-refractivity contribution is -0.384. The fourth-order valence-electron chi connectivity index (χ4n) is 2.37. The minimum atomic E-state index is -0.444. The molecule has 0 bridgehead atoms. The van der Waals surface area contributed by atoms with Crippen molar-refractivity contribution in [2.24, 2.45) is 0 Å². The van der Waals surface area contributed by atoms with E-state index in [2.05, 4.69) is 15.6 Å². The Hall–Kier alpha value is -3.42. The molecule has 0 aliphatic carbocycles. The lowest BCUT2D eigenvalue weighted by Crippen LogP contribution is -2.29. The van der Waals surface area contributed by atoms with E-state index in [-0.39, 0.29) is 11.6 Å². The molecule has 1 amide bonds. The number of non-ortho nitro benzene ring substituents is 1. The third kappa shape index (κ3) is 3.92. The Morgan fingerprint density at radius 3 is 2.72 bits per heavy atom. The fraction of sp³-hybridized carbons (Fsp3) is 0.176. The predicted molar refractivity (Wildman–Crippen MR) is 93.8 cm³/mol. The van der Waals surface area contributed by atoms with Crippen LogP contribution in [0.2, 0.25) is 0 Å². The van der Waals surface area contributed by atoms with E-state index < -0.39 is 4.92 Å². The van der Waals surface area contributed by atoms with E-state index in [0.717, 1.165) is 16.9 Å². The van der Waals surface area contributed by atoms with Crippen LogP contribution in [-0.2, 0) is 0 Å². The molecule has 0 aliphatic heterocycles. The van der Waals surface area contributed by atoms with Crippen molar-refractivity contribution in [3.63, 3.8) is 0 Å². The number of nitrogens with one attached hydrogen (secondary N) is 2. The van der Waals surface area contributed by atoms with Crippen molar-refractivity contribution in [2.45, 2.75) is 6.92 Å². The summed E-state index contributed by atoms with van der Waals surface area (Å²) in [5.74, 6) is -0.244. The monoisotopic (exact) mass is 339 g/mol. The highest BCUT2D eigenvalue weighted by Gasteiger charge is 2.10. The van der Waals surface area contributed by atoms with Gasteiger partial charge in [-0.05, 0) is 36.8 Å². The van der Waals surface area contributed by atoms with Crippen LogP contribution in [0.4, 0.5) is 11.4 Å². The molecule has 2 N–H and O–H groups in total. The topological polar surface area (TPSA) is 102 Å². The first kappa shape index (κ1) is 16.4. The standard InChI is InChI=1S/C17H17N5O3/c1-12-6-9-21-11-15(20-16(21)10-12)17(23)19-8-7-18-13-2-4-14(5-3-13)22(24)25/h2-6,9-11,18H,7-8H2,1H3,(H,19,23). The highest BCUT2D eigenvalue weighted by atomic mass is 16.6. The second-order valence-electron chi connectivity index (χ2n) is 5.58. The van der Waals surface area contributed by atoms with Crippen molar-refractivity contribution >= 4 is 22.9 Å². The number of amides is 1. The van der Waals surface area contributed by atoms with E-state index >= 15 is 0 Å². The maximum Gasteiger partial charge on any atom is 0.271 e. The molecule has 8 nitrogen and oxygen atoms in total. The van der Waals surface area contributed by atoms with Gasteiger partial charge in [0.25, 0.3) is 11.6 Å². The van der Waals surface area contributed by atoms with E-state index in [9.17, 15) is 14.9 Å². The number of carbonyl (C=O) groups excluding carboxylic acids is 1. The minimum absolute atomic E-state index is 0.0425. The number of carbonyl (C=O) groups is 1. The van der Waals surface area contributed by atoms with Crippen LogP contribution in [0.3, 0.4) is 0 Å². The van der Waals surface area contributed by atoms with Crippen molar-refractivity contribution < 1.29 is 9.72 Å². The number of rotatable bonds is 6. The number of nitrogens with zero attached hydrogens (tertiary/aromatic N) is 3. The molecule has 2 aromatic heterocycles. The number of nitro benzene ring substituents is 1. The zero-order valence-corrected chi connectivity index (χ0v) is 13.6. The lowest BCUT2D eigenvalue weighted by atomic mass is 10.3. The predicted octanol–water partition coefficient (Wildman–Crippen LogP) is 2.39. The quantitative estimate of drug-likeness (QED) is 0.408. The Kier molecular flexibility index (Phi) is 4.60. The summed E-state index contributed by atoms with van der Waals surface area (Å²) < 4.78 is 1.80. The molecule has 0 aliphatic rings. The zero-order valence-electron chi connectivity index (χ0n) is 13.6. The highest BCUT2D eigenvalue weighted by Crippen LogP contribution is 2.14. The maximum absolute atomic E-state index is 12.1. The van der Waals surface area contributed by atoms with Crippen LogP contribution in [0.1, 0.15) is 16.1 Å². The van der Waals surface area contributed by atoms with Gasteiger partial charge in [-0.25, -0.2) is 4.98 Å². The van der Waals surface area contributed by atoms with E-state index in [1.54, 1.807) is 22.7 Å². The first-order chi connectivity index (χ1) is 12.0. The van der Waals surface area contributed by atoms with Gasteiger partial charge >= 0.3 is 0 Å². The minimum Gasteiger partial charge on any atom is -0.383 e. The van der Waals surface area contributed by atoms with Crippen LogP contribution in [0.15, 0.2) is 48.8 Å². The fourth-order valence-corrected chi connectivity index (χ4v) is 2.37. The molecule has 0 unspecified atom stereocenters. The number of nitro groups is 1. The van der Waals surface area contributed by atoms with Gasteiger partial charge in [0, 0.05) is 43.3 Å². The number of hydrogen-bond acceptors (Lipinski definition) is 5. The van der Waals surface area contributed by atoms with Gasteiger partial charge in [-0.15, -0.1) is 0 Å². The van der Waals surface area contributed by atoms with Crippen molar-refractivity contribution in [3.8, 4) is 0 Å².